The lowest BCUT2D eigenvalue weighted by Crippen LogP contribution is -2.30. The van der Waals surface area contributed by atoms with Crippen LogP contribution in [0.5, 0.6) is 5.75 Å². The van der Waals surface area contributed by atoms with Gasteiger partial charge in [-0.05, 0) is 55.5 Å². The van der Waals surface area contributed by atoms with Gasteiger partial charge < -0.3 is 14.7 Å². The molecule has 0 saturated carbocycles. The van der Waals surface area contributed by atoms with Gasteiger partial charge in [-0.1, -0.05) is 18.2 Å². The Morgan fingerprint density at radius 3 is 2.48 bits per heavy atom. The smallest absolute Gasteiger partial charge is 0.147 e. The molecule has 0 bridgehead atoms. The molecule has 5 nitrogen and oxygen atoms in total. The summed E-state index contributed by atoms with van der Waals surface area (Å²) in [5.74, 6) is 1.65. The van der Waals surface area contributed by atoms with Gasteiger partial charge in [-0.15, -0.1) is 0 Å². The predicted octanol–water partition coefficient (Wildman–Crippen LogP) is 4.35. The van der Waals surface area contributed by atoms with Crippen LogP contribution in [0.25, 0.3) is 22.2 Å². The molecule has 1 aromatic heterocycles. The number of aliphatic hydroxyl groups excluding tert-OH is 1. The van der Waals surface area contributed by atoms with Crippen molar-refractivity contribution in [2.24, 2.45) is 0 Å². The molecular weight excluding hydrogens is 338 g/mol. The topological polar surface area (TPSA) is 58.5 Å². The summed E-state index contributed by atoms with van der Waals surface area (Å²) in [6.07, 6.45) is 5.05. The first kappa shape index (κ1) is 17.7. The fourth-order valence-electron chi connectivity index (χ4n) is 3.69. The average molecular weight is 363 g/mol. The molecular formula is C22H25N3O2. The molecule has 1 atom stereocenters. The van der Waals surface area contributed by atoms with Crippen molar-refractivity contribution in [3.63, 3.8) is 0 Å². The molecule has 140 valence electrons. The Bertz CT molecular complexity index is 949. The number of hydrogen-bond donors (Lipinski definition) is 1. The van der Waals surface area contributed by atoms with E-state index in [0.29, 0.717) is 5.75 Å². The second-order valence-electron chi connectivity index (χ2n) is 7.11. The van der Waals surface area contributed by atoms with Crippen LogP contribution >= 0.6 is 0 Å². The molecule has 1 N–H and O–H groups in total. The van der Waals surface area contributed by atoms with Gasteiger partial charge in [-0.2, -0.15) is 0 Å². The number of hydrogen-bond acceptors (Lipinski definition) is 5. The number of ether oxygens (including phenoxy) is 1. The normalized spacial score (nSPS) is 15.7. The maximum absolute atomic E-state index is 9.89. The van der Waals surface area contributed by atoms with Gasteiger partial charge in [0.1, 0.15) is 11.6 Å². The van der Waals surface area contributed by atoms with Crippen LogP contribution in [0.1, 0.15) is 37.9 Å². The molecule has 27 heavy (non-hydrogen) atoms. The lowest BCUT2D eigenvalue weighted by Gasteiger charge is -2.27. The van der Waals surface area contributed by atoms with Crippen molar-refractivity contribution in [2.45, 2.75) is 32.3 Å². The molecule has 1 aliphatic heterocycles. The van der Waals surface area contributed by atoms with E-state index in [2.05, 4.69) is 22.0 Å². The zero-order valence-electron chi connectivity index (χ0n) is 15.9. The number of benzene rings is 2. The van der Waals surface area contributed by atoms with Crippen molar-refractivity contribution >= 4 is 16.9 Å². The number of aromatic nitrogens is 2. The molecule has 1 unspecified atom stereocenters. The van der Waals surface area contributed by atoms with E-state index < -0.39 is 6.10 Å². The largest absolute Gasteiger partial charge is 0.496 e. The Labute approximate surface area is 159 Å². The number of methoxy groups -OCH3 is 1. The highest BCUT2D eigenvalue weighted by atomic mass is 16.5. The standard InChI is InChI=1S/C22H25N3O2/c1-15(26)18-8-6-17(13-21(18)27-2)16-7-9-19-20(12-16)24-22(14-23-19)25-10-4-3-5-11-25/h6-9,12-15,26H,3-5,10-11H2,1-2H3. The monoisotopic (exact) mass is 363 g/mol. The summed E-state index contributed by atoms with van der Waals surface area (Å²) in [5, 5.41) is 9.89. The van der Waals surface area contributed by atoms with E-state index in [-0.39, 0.29) is 0 Å². The van der Waals surface area contributed by atoms with Gasteiger partial charge in [0.25, 0.3) is 0 Å². The van der Waals surface area contributed by atoms with Crippen LogP contribution in [-0.2, 0) is 0 Å². The maximum atomic E-state index is 9.89. The molecule has 0 spiro atoms. The molecule has 0 amide bonds. The number of piperidine rings is 1. The minimum Gasteiger partial charge on any atom is -0.496 e. The second kappa shape index (κ2) is 7.53. The summed E-state index contributed by atoms with van der Waals surface area (Å²) in [6.45, 7) is 3.85. The molecule has 1 aliphatic rings. The van der Waals surface area contributed by atoms with Gasteiger partial charge in [-0.25, -0.2) is 4.98 Å². The van der Waals surface area contributed by atoms with Crippen LogP contribution in [0.2, 0.25) is 0 Å². The third-order valence-electron chi connectivity index (χ3n) is 5.23. The number of nitrogens with zero attached hydrogens (tertiary/aromatic N) is 3. The second-order valence-corrected chi connectivity index (χ2v) is 7.11. The predicted molar refractivity (Wildman–Crippen MR) is 108 cm³/mol. The van der Waals surface area contributed by atoms with Gasteiger partial charge in [0.2, 0.25) is 0 Å². The van der Waals surface area contributed by atoms with Gasteiger partial charge in [-0.3, -0.25) is 4.98 Å². The zero-order chi connectivity index (χ0) is 18.8. The molecule has 4 rings (SSSR count). The Hall–Kier alpha value is -2.66. The van der Waals surface area contributed by atoms with Crippen molar-refractivity contribution < 1.29 is 9.84 Å². The molecule has 5 heteroatoms. The first-order chi connectivity index (χ1) is 13.2. The van der Waals surface area contributed by atoms with Crippen molar-refractivity contribution in [3.05, 3.63) is 48.2 Å². The molecule has 0 aliphatic carbocycles. The van der Waals surface area contributed by atoms with Crippen molar-refractivity contribution in [1.29, 1.82) is 0 Å². The Morgan fingerprint density at radius 1 is 1.00 bits per heavy atom. The van der Waals surface area contributed by atoms with Crippen LogP contribution < -0.4 is 9.64 Å². The summed E-state index contributed by atoms with van der Waals surface area (Å²) in [5.41, 5.74) is 4.67. The number of aliphatic hydroxyl groups is 1. The van der Waals surface area contributed by atoms with E-state index in [1.807, 2.05) is 30.5 Å². The van der Waals surface area contributed by atoms with Crippen LogP contribution in [0.15, 0.2) is 42.6 Å². The summed E-state index contributed by atoms with van der Waals surface area (Å²) in [7, 11) is 1.63. The molecule has 2 aromatic carbocycles. The highest BCUT2D eigenvalue weighted by Gasteiger charge is 2.14. The van der Waals surface area contributed by atoms with Crippen LogP contribution in [0.4, 0.5) is 5.82 Å². The van der Waals surface area contributed by atoms with Crippen LogP contribution in [0.3, 0.4) is 0 Å². The fraction of sp³-hybridized carbons (Fsp3) is 0.364. The lowest BCUT2D eigenvalue weighted by atomic mass is 10.0. The highest BCUT2D eigenvalue weighted by molar-refractivity contribution is 5.82. The first-order valence-electron chi connectivity index (χ1n) is 9.54. The summed E-state index contributed by atoms with van der Waals surface area (Å²) in [6, 6.07) is 12.0. The number of anilines is 1. The molecule has 1 fully saturated rings. The molecule has 3 aromatic rings. The number of fused-ring (bicyclic) bond motifs is 1. The van der Waals surface area contributed by atoms with E-state index in [1.165, 1.54) is 19.3 Å². The molecule has 2 heterocycles. The van der Waals surface area contributed by atoms with E-state index in [1.54, 1.807) is 14.0 Å². The third-order valence-corrected chi connectivity index (χ3v) is 5.23. The SMILES string of the molecule is COc1cc(-c2ccc3ncc(N4CCCCC4)nc3c2)ccc1C(C)O. The minimum absolute atomic E-state index is 0.566. The van der Waals surface area contributed by atoms with Gasteiger partial charge in [0.15, 0.2) is 0 Å². The summed E-state index contributed by atoms with van der Waals surface area (Å²) in [4.78, 5) is 11.8. The van der Waals surface area contributed by atoms with Gasteiger partial charge in [0.05, 0.1) is 30.4 Å². The maximum Gasteiger partial charge on any atom is 0.147 e. The average Bonchev–Trinajstić information content (AvgIpc) is 2.73. The summed E-state index contributed by atoms with van der Waals surface area (Å²) < 4.78 is 5.46. The van der Waals surface area contributed by atoms with Gasteiger partial charge in [0, 0.05) is 18.7 Å². The lowest BCUT2D eigenvalue weighted by molar-refractivity contribution is 0.194. The quantitative estimate of drug-likeness (QED) is 0.747. The first-order valence-corrected chi connectivity index (χ1v) is 9.54. The van der Waals surface area contributed by atoms with Gasteiger partial charge >= 0.3 is 0 Å². The van der Waals surface area contributed by atoms with Crippen molar-refractivity contribution in [3.8, 4) is 16.9 Å². The zero-order valence-corrected chi connectivity index (χ0v) is 15.9. The molecule has 1 saturated heterocycles. The van der Waals surface area contributed by atoms with Crippen LogP contribution in [-0.4, -0.2) is 35.3 Å². The highest BCUT2D eigenvalue weighted by Crippen LogP contribution is 2.32. The summed E-state index contributed by atoms with van der Waals surface area (Å²) >= 11 is 0. The van der Waals surface area contributed by atoms with E-state index in [0.717, 1.165) is 46.6 Å². The molecule has 0 radical (unpaired) electrons. The Balaban J connectivity index is 1.72. The van der Waals surface area contributed by atoms with Crippen molar-refractivity contribution in [1.82, 2.24) is 9.97 Å². The Morgan fingerprint density at radius 2 is 1.74 bits per heavy atom. The third kappa shape index (κ3) is 3.60. The minimum atomic E-state index is -0.566. The Kier molecular flexibility index (Phi) is 4.94. The van der Waals surface area contributed by atoms with Crippen molar-refractivity contribution in [2.75, 3.05) is 25.1 Å². The fourth-order valence-corrected chi connectivity index (χ4v) is 3.69. The van der Waals surface area contributed by atoms with E-state index in [9.17, 15) is 5.11 Å². The van der Waals surface area contributed by atoms with Crippen LogP contribution in [0, 0.1) is 0 Å². The van der Waals surface area contributed by atoms with E-state index in [4.69, 9.17) is 9.72 Å². The van der Waals surface area contributed by atoms with E-state index >= 15 is 0 Å². The number of rotatable bonds is 4.